The largest absolute Gasteiger partial charge is 0.495 e. The molecular weight excluding hydrogens is 544 g/mol. The lowest BCUT2D eigenvalue weighted by atomic mass is 9.72. The molecule has 0 aliphatic heterocycles. The van der Waals surface area contributed by atoms with Gasteiger partial charge in [-0.2, -0.15) is 0 Å². The van der Waals surface area contributed by atoms with E-state index in [2.05, 4.69) is 57.9 Å². The Morgan fingerprint density at radius 1 is 1.29 bits per heavy atom. The van der Waals surface area contributed by atoms with Crippen LogP contribution in [0.5, 0.6) is 5.75 Å². The van der Waals surface area contributed by atoms with Crippen molar-refractivity contribution >= 4 is 66.1 Å². The van der Waals surface area contributed by atoms with Gasteiger partial charge < -0.3 is 15.8 Å². The van der Waals surface area contributed by atoms with Crippen molar-refractivity contribution < 1.29 is 14.3 Å². The summed E-state index contributed by atoms with van der Waals surface area (Å²) in [7, 11) is 1.57. The second kappa shape index (κ2) is 9.46. The molecule has 2 aromatic rings. The van der Waals surface area contributed by atoms with Crippen molar-refractivity contribution in [1.29, 1.82) is 0 Å². The molecule has 0 saturated carbocycles. The minimum absolute atomic E-state index is 0.192. The molecule has 3 N–H and O–H groups in total. The molecule has 0 spiro atoms. The minimum Gasteiger partial charge on any atom is -0.495 e. The van der Waals surface area contributed by atoms with Crippen LogP contribution in [0.25, 0.3) is 6.08 Å². The van der Waals surface area contributed by atoms with Crippen molar-refractivity contribution in [2.75, 3.05) is 12.4 Å². The van der Waals surface area contributed by atoms with Crippen LogP contribution in [0.3, 0.4) is 0 Å². The number of primary amides is 1. The number of thiophene rings is 1. The van der Waals surface area contributed by atoms with E-state index >= 15 is 0 Å². The maximum atomic E-state index is 12.7. The van der Waals surface area contributed by atoms with E-state index in [0.717, 1.165) is 44.2 Å². The predicted octanol–water partition coefficient (Wildman–Crippen LogP) is 6.18. The highest BCUT2D eigenvalue weighted by atomic mass is 79.9. The molecule has 8 heteroatoms. The number of ether oxygens (including phenoxy) is 1. The summed E-state index contributed by atoms with van der Waals surface area (Å²) >= 11 is 8.37. The van der Waals surface area contributed by atoms with Crippen LogP contribution in [0.1, 0.15) is 53.6 Å². The van der Waals surface area contributed by atoms with Crippen LogP contribution >= 0.6 is 43.2 Å². The van der Waals surface area contributed by atoms with Gasteiger partial charge in [0.1, 0.15) is 10.8 Å². The van der Waals surface area contributed by atoms with E-state index in [0.29, 0.717) is 22.2 Å². The smallest absolute Gasteiger partial charge is 0.251 e. The fraction of sp³-hybridized carbons (Fsp3) is 0.391. The van der Waals surface area contributed by atoms with Crippen LogP contribution in [0.2, 0.25) is 0 Å². The van der Waals surface area contributed by atoms with Crippen LogP contribution in [0.4, 0.5) is 5.00 Å². The SMILES string of the molecule is COc1c(Br)cc(Br)cc1/C=C/C(=O)Nc1sc2c(c1C(N)=O)CC[C@H](C(C)(C)C)C2. The van der Waals surface area contributed by atoms with Gasteiger partial charge in [-0.05, 0) is 70.3 Å². The van der Waals surface area contributed by atoms with E-state index in [1.807, 2.05) is 12.1 Å². The van der Waals surface area contributed by atoms with Crippen LogP contribution in [0.15, 0.2) is 27.2 Å². The van der Waals surface area contributed by atoms with Crippen LogP contribution in [-0.4, -0.2) is 18.9 Å². The number of hydrogen-bond acceptors (Lipinski definition) is 4. The minimum atomic E-state index is -0.497. The third kappa shape index (κ3) is 5.41. The summed E-state index contributed by atoms with van der Waals surface area (Å²) in [4.78, 5) is 26.0. The van der Waals surface area contributed by atoms with Gasteiger partial charge in [-0.1, -0.05) is 36.7 Å². The van der Waals surface area contributed by atoms with E-state index in [1.54, 1.807) is 13.2 Å². The quantitative estimate of drug-likeness (QED) is 0.422. The molecule has 1 aliphatic rings. The molecule has 0 bridgehead atoms. The summed E-state index contributed by atoms with van der Waals surface area (Å²) in [6, 6.07) is 3.73. The number of nitrogens with one attached hydrogen (secondary N) is 1. The summed E-state index contributed by atoms with van der Waals surface area (Å²) < 4.78 is 7.05. The van der Waals surface area contributed by atoms with Gasteiger partial charge in [-0.3, -0.25) is 9.59 Å². The average Bonchev–Trinajstić information content (AvgIpc) is 3.02. The Morgan fingerprint density at radius 2 is 2.00 bits per heavy atom. The molecule has 1 aromatic heterocycles. The number of fused-ring (bicyclic) bond motifs is 1. The Labute approximate surface area is 203 Å². The van der Waals surface area contributed by atoms with E-state index < -0.39 is 5.91 Å². The second-order valence-electron chi connectivity index (χ2n) is 8.71. The van der Waals surface area contributed by atoms with Gasteiger partial charge in [0.05, 0.1) is 17.1 Å². The Bertz CT molecular complexity index is 1050. The van der Waals surface area contributed by atoms with Gasteiger partial charge >= 0.3 is 0 Å². The molecule has 3 rings (SSSR count). The first-order chi connectivity index (χ1) is 14.5. The highest BCUT2D eigenvalue weighted by molar-refractivity contribution is 9.11. The number of hydrogen-bond donors (Lipinski definition) is 2. The van der Waals surface area contributed by atoms with Crippen molar-refractivity contribution in [3.05, 3.63) is 48.7 Å². The summed E-state index contributed by atoms with van der Waals surface area (Å²) in [6.45, 7) is 6.73. The van der Waals surface area contributed by atoms with Crippen molar-refractivity contribution in [3.8, 4) is 5.75 Å². The molecule has 1 aromatic carbocycles. The molecule has 31 heavy (non-hydrogen) atoms. The lowest BCUT2D eigenvalue weighted by molar-refractivity contribution is -0.111. The molecular formula is C23H26Br2N2O3S. The molecule has 1 atom stereocenters. The first kappa shape index (κ1) is 24.0. The highest BCUT2D eigenvalue weighted by Gasteiger charge is 2.33. The monoisotopic (exact) mass is 568 g/mol. The average molecular weight is 570 g/mol. The molecule has 0 radical (unpaired) electrons. The lowest BCUT2D eigenvalue weighted by Crippen LogP contribution is -2.27. The maximum Gasteiger partial charge on any atom is 0.251 e. The first-order valence-corrected chi connectivity index (χ1v) is 12.4. The molecule has 1 heterocycles. The van der Waals surface area contributed by atoms with Crippen molar-refractivity contribution in [1.82, 2.24) is 0 Å². The van der Waals surface area contributed by atoms with Gasteiger partial charge in [-0.15, -0.1) is 11.3 Å². The number of carbonyl (C=O) groups is 2. The number of amides is 2. The van der Waals surface area contributed by atoms with Crippen LogP contribution in [-0.2, 0) is 17.6 Å². The van der Waals surface area contributed by atoms with Crippen LogP contribution < -0.4 is 15.8 Å². The number of anilines is 1. The standard InChI is InChI=1S/C23H26Br2N2O3S/c1-23(2,3)13-6-7-15-17(10-13)31-22(19(15)21(26)29)27-18(28)8-5-12-9-14(24)11-16(25)20(12)30-4/h5,8-9,11,13H,6-7,10H2,1-4H3,(H2,26,29)(H,27,28)/b8-5+/t13-/m0/s1. The Morgan fingerprint density at radius 3 is 2.61 bits per heavy atom. The number of halogens is 2. The van der Waals surface area contributed by atoms with Gasteiger partial charge in [0, 0.05) is 21.0 Å². The van der Waals surface area contributed by atoms with E-state index in [4.69, 9.17) is 10.5 Å². The number of rotatable bonds is 5. The van der Waals surface area contributed by atoms with E-state index in [1.165, 1.54) is 17.4 Å². The zero-order valence-corrected chi connectivity index (χ0v) is 22.0. The molecule has 0 unspecified atom stereocenters. The summed E-state index contributed by atoms with van der Waals surface area (Å²) in [6.07, 6.45) is 5.83. The summed E-state index contributed by atoms with van der Waals surface area (Å²) in [5, 5.41) is 3.40. The molecule has 166 valence electrons. The number of carbonyl (C=O) groups excluding carboxylic acids is 2. The van der Waals surface area contributed by atoms with Gasteiger partial charge in [0.25, 0.3) is 5.91 Å². The molecule has 5 nitrogen and oxygen atoms in total. The Kier molecular flexibility index (Phi) is 7.33. The van der Waals surface area contributed by atoms with Crippen molar-refractivity contribution in [2.45, 2.75) is 40.0 Å². The third-order valence-electron chi connectivity index (χ3n) is 5.63. The van der Waals surface area contributed by atoms with Crippen molar-refractivity contribution in [3.63, 3.8) is 0 Å². The number of methoxy groups -OCH3 is 1. The number of benzene rings is 1. The maximum absolute atomic E-state index is 12.7. The zero-order chi connectivity index (χ0) is 22.9. The fourth-order valence-corrected chi connectivity index (χ4v) is 6.67. The fourth-order valence-electron chi connectivity index (χ4n) is 3.91. The second-order valence-corrected chi connectivity index (χ2v) is 11.6. The van der Waals surface area contributed by atoms with Gasteiger partial charge in [0.15, 0.2) is 0 Å². The Balaban J connectivity index is 1.85. The Hall–Kier alpha value is -1.64. The summed E-state index contributed by atoms with van der Waals surface area (Å²) in [5.41, 5.74) is 8.07. The normalized spacial score (nSPS) is 16.3. The van der Waals surface area contributed by atoms with E-state index in [9.17, 15) is 9.59 Å². The molecule has 0 fully saturated rings. The lowest BCUT2D eigenvalue weighted by Gasteiger charge is -2.33. The molecule has 2 amide bonds. The topological polar surface area (TPSA) is 81.4 Å². The van der Waals surface area contributed by atoms with Crippen LogP contribution in [0, 0.1) is 11.3 Å². The first-order valence-electron chi connectivity index (χ1n) is 9.97. The summed E-state index contributed by atoms with van der Waals surface area (Å²) in [5.74, 6) is 0.338. The van der Waals surface area contributed by atoms with Gasteiger partial charge in [0.2, 0.25) is 5.91 Å². The zero-order valence-electron chi connectivity index (χ0n) is 18.0. The molecule has 0 saturated heterocycles. The van der Waals surface area contributed by atoms with Crippen molar-refractivity contribution in [2.24, 2.45) is 17.1 Å². The van der Waals surface area contributed by atoms with Gasteiger partial charge in [-0.25, -0.2) is 0 Å². The predicted molar refractivity (Wildman–Crippen MR) is 134 cm³/mol. The van der Waals surface area contributed by atoms with E-state index in [-0.39, 0.29) is 11.3 Å². The number of nitrogens with two attached hydrogens (primary N) is 1. The third-order valence-corrected chi connectivity index (χ3v) is 7.85. The highest BCUT2D eigenvalue weighted by Crippen LogP contribution is 2.44. The molecule has 1 aliphatic carbocycles.